The molecule has 4 fully saturated rings. The summed E-state index contributed by atoms with van der Waals surface area (Å²) in [6.45, 7) is 62.6. The molecule has 14 unspecified atom stereocenters. The number of Topliss-reactive ketones (excluding diaryl/α,β-unsaturated/α-hetero) is 4. The Kier molecular flexibility index (Phi) is 54.2. The molecule has 0 saturated heterocycles. The summed E-state index contributed by atoms with van der Waals surface area (Å²) in [5.74, 6) is 9.79. The topological polar surface area (TPSA) is 106 Å². The number of hydrogen-bond donors (Lipinski definition) is 1. The number of rotatable bonds is 25. The molecule has 0 radical (unpaired) electrons. The summed E-state index contributed by atoms with van der Waals surface area (Å²) in [5, 5.41) is 9.65. The van der Waals surface area contributed by atoms with Crippen molar-refractivity contribution in [1.29, 1.82) is 0 Å². The SMILES string of the molecule is C=C(C)C1CCC(C)CC1O.C=C(C)C1CCCCC1C.C=CC(C)CCC(=O)C(C)C.C=CC(C)CCC(C)C(C)=O.CC(=O)C(C)CCC=C(C)C.CC(=O)C1CCC(C)C1C.CC(C)=CCCC(C)C1CC1.CC(C)=CCCC(C)C=O. The lowest BCUT2D eigenvalue weighted by atomic mass is 9.77. The fraction of sp³-hybridized carbons (Fsp3) is 0.759. The third-order valence-electron chi connectivity index (χ3n) is 18.3. The van der Waals surface area contributed by atoms with Crippen molar-refractivity contribution in [3.05, 3.63) is 84.6 Å². The molecule has 0 heterocycles. The molecule has 1 N–H and O–H groups in total. The standard InChI is InChI=1S/C11H20.4C10H18O.C10H18.2C9H16O/c1-9(2)5-4-6-10(3)11-7-8-11;1-7(2)9-5-4-8(3)6-10(9)11;1-8(2)6-5-7-9(3)10(4)11;1-5-8(2)6-7-9(3)10(4)11;1-5-9(4)6-7-10(11)8(2)3;1-8(2)10-7-5-4-6-9(10)3;1-6-4-5-9(7(6)2)8(3)10;1-8(2)5-4-6-9(3)7-10/h5,10-11H,4,6-8H2,1-3H3;8-11H,1,4-6H2,2-3H3;6,9H,5,7H2,1-4H3;2*5,8-9H,1,6-7H2,2-4H3;9-10H,1,4-7H2,2-3H3;6-7,9H,4-5H2,1-3H3;5,7,9H,4,6H2,1-3H3. The molecule has 0 bridgehead atoms. The van der Waals surface area contributed by atoms with Crippen molar-refractivity contribution < 1.29 is 29.1 Å². The minimum Gasteiger partial charge on any atom is -0.392 e. The van der Waals surface area contributed by atoms with E-state index < -0.39 is 0 Å². The van der Waals surface area contributed by atoms with Gasteiger partial charge in [-0.1, -0.05) is 174 Å². The van der Waals surface area contributed by atoms with E-state index in [0.717, 1.165) is 106 Å². The number of allylic oxidation sites excluding steroid dienone is 9. The Hall–Kier alpha value is -3.51. The van der Waals surface area contributed by atoms with Crippen LogP contribution in [0.1, 0.15) is 294 Å². The monoisotopic (exact) mass is 1190 g/mol. The molecular weight excluding hydrogens is 1040 g/mol. The number of carbonyl (C=O) groups is 5. The van der Waals surface area contributed by atoms with E-state index >= 15 is 0 Å². The highest BCUT2D eigenvalue weighted by Gasteiger charge is 2.32. The average Bonchev–Trinajstić information content (AvgIpc) is 4.42. The summed E-state index contributed by atoms with van der Waals surface area (Å²) < 4.78 is 0. The number of hydrogen-bond acceptors (Lipinski definition) is 6. The van der Waals surface area contributed by atoms with Crippen molar-refractivity contribution in [2.75, 3.05) is 0 Å². The minimum atomic E-state index is -0.128. The number of aldehydes is 1. The Morgan fingerprint density at radius 2 is 0.941 bits per heavy atom. The molecule has 4 aliphatic carbocycles. The molecule has 4 rings (SSSR count). The summed E-state index contributed by atoms with van der Waals surface area (Å²) in [4.78, 5) is 53.9. The highest BCUT2D eigenvalue weighted by atomic mass is 16.3. The summed E-state index contributed by atoms with van der Waals surface area (Å²) >= 11 is 0. The van der Waals surface area contributed by atoms with E-state index in [0.29, 0.717) is 65.1 Å². The zero-order chi connectivity index (χ0) is 66.5. The Balaban J connectivity index is -0.000000441. The van der Waals surface area contributed by atoms with E-state index in [2.05, 4.69) is 141 Å². The number of aliphatic hydroxyl groups is 1. The first kappa shape index (κ1) is 87.9. The predicted octanol–water partition coefficient (Wildman–Crippen LogP) is 22.9. The quantitative estimate of drug-likeness (QED) is 0.0721. The number of carbonyl (C=O) groups excluding carboxylic acids is 5. The van der Waals surface area contributed by atoms with Gasteiger partial charge in [0.05, 0.1) is 6.10 Å². The van der Waals surface area contributed by atoms with Crippen molar-refractivity contribution in [2.24, 2.45) is 88.8 Å². The van der Waals surface area contributed by atoms with Crippen LogP contribution in [-0.4, -0.2) is 40.6 Å². The fourth-order valence-corrected chi connectivity index (χ4v) is 10.6. The van der Waals surface area contributed by atoms with Crippen LogP contribution in [-0.2, 0) is 24.0 Å². The highest BCUT2D eigenvalue weighted by molar-refractivity contribution is 5.80. The van der Waals surface area contributed by atoms with Crippen LogP contribution < -0.4 is 0 Å². The molecule has 4 aliphatic rings. The van der Waals surface area contributed by atoms with Gasteiger partial charge in [-0.05, 0) is 239 Å². The van der Waals surface area contributed by atoms with Crippen molar-refractivity contribution in [1.82, 2.24) is 0 Å². The van der Waals surface area contributed by atoms with Gasteiger partial charge in [-0.2, -0.15) is 0 Å². The van der Waals surface area contributed by atoms with Gasteiger partial charge in [0.15, 0.2) is 0 Å². The van der Waals surface area contributed by atoms with E-state index in [9.17, 15) is 29.1 Å². The van der Waals surface area contributed by atoms with Crippen LogP contribution in [0.4, 0.5) is 0 Å². The van der Waals surface area contributed by atoms with Crippen LogP contribution in [0.2, 0.25) is 0 Å². The van der Waals surface area contributed by atoms with Gasteiger partial charge < -0.3 is 9.90 Å². The van der Waals surface area contributed by atoms with E-state index in [1.807, 2.05) is 53.7 Å². The van der Waals surface area contributed by atoms with Gasteiger partial charge >= 0.3 is 0 Å². The molecule has 6 heteroatoms. The third kappa shape index (κ3) is 51.1. The minimum absolute atomic E-state index is 0.128. The first-order valence-corrected chi connectivity index (χ1v) is 34.1. The lowest BCUT2D eigenvalue weighted by Crippen LogP contribution is -2.28. The zero-order valence-corrected chi connectivity index (χ0v) is 60.4. The molecule has 494 valence electrons. The van der Waals surface area contributed by atoms with Crippen LogP contribution in [0, 0.1) is 88.8 Å². The van der Waals surface area contributed by atoms with Gasteiger partial charge in [-0.25, -0.2) is 0 Å². The van der Waals surface area contributed by atoms with E-state index in [4.69, 9.17) is 0 Å². The lowest BCUT2D eigenvalue weighted by molar-refractivity contribution is -0.122. The molecule has 0 aromatic carbocycles. The molecule has 0 amide bonds. The first-order valence-electron chi connectivity index (χ1n) is 34.1. The van der Waals surface area contributed by atoms with Gasteiger partial charge in [0.1, 0.15) is 29.4 Å². The smallest absolute Gasteiger partial charge is 0.135 e. The molecule has 6 nitrogen and oxygen atoms in total. The third-order valence-corrected chi connectivity index (χ3v) is 18.3. The molecular formula is C79H142O6. The largest absolute Gasteiger partial charge is 0.392 e. The maximum atomic E-state index is 11.1. The van der Waals surface area contributed by atoms with E-state index in [1.165, 1.54) is 86.5 Å². The van der Waals surface area contributed by atoms with Crippen LogP contribution in [0.25, 0.3) is 0 Å². The van der Waals surface area contributed by atoms with Crippen molar-refractivity contribution in [2.45, 2.75) is 300 Å². The molecule has 14 atom stereocenters. The zero-order valence-electron chi connectivity index (χ0n) is 60.4. The molecule has 0 aliphatic heterocycles. The number of ketones is 4. The Labute approximate surface area is 529 Å². The molecule has 4 saturated carbocycles. The molecule has 0 spiro atoms. The summed E-state index contributed by atoms with van der Waals surface area (Å²) in [5.41, 5.74) is 6.67. The maximum Gasteiger partial charge on any atom is 0.135 e. The van der Waals surface area contributed by atoms with Crippen molar-refractivity contribution in [3.8, 4) is 0 Å². The number of aliphatic hydroxyl groups excluding tert-OH is 1. The fourth-order valence-electron chi connectivity index (χ4n) is 10.6. The normalized spacial score (nSPS) is 23.0. The molecule has 0 aromatic rings. The summed E-state index contributed by atoms with van der Waals surface area (Å²) in [7, 11) is 0. The van der Waals surface area contributed by atoms with Gasteiger partial charge in [-0.3, -0.25) is 19.2 Å². The predicted molar refractivity (Wildman–Crippen MR) is 375 cm³/mol. The first-order chi connectivity index (χ1) is 39.5. The summed E-state index contributed by atoms with van der Waals surface area (Å²) in [6.07, 6.45) is 36.2. The summed E-state index contributed by atoms with van der Waals surface area (Å²) in [6, 6.07) is 0. The average molecular weight is 1190 g/mol. The van der Waals surface area contributed by atoms with Crippen molar-refractivity contribution >= 4 is 29.4 Å². The van der Waals surface area contributed by atoms with E-state index in [-0.39, 0.29) is 29.8 Å². The van der Waals surface area contributed by atoms with Crippen LogP contribution in [0.15, 0.2) is 84.6 Å². The van der Waals surface area contributed by atoms with E-state index in [1.54, 1.807) is 20.8 Å². The Morgan fingerprint density at radius 3 is 1.29 bits per heavy atom. The van der Waals surface area contributed by atoms with Crippen molar-refractivity contribution in [3.63, 3.8) is 0 Å². The molecule has 0 aromatic heterocycles. The van der Waals surface area contributed by atoms with Gasteiger partial charge in [0.25, 0.3) is 0 Å². The Morgan fingerprint density at radius 1 is 0.494 bits per heavy atom. The molecule has 85 heavy (non-hydrogen) atoms. The van der Waals surface area contributed by atoms with Crippen LogP contribution >= 0.6 is 0 Å². The van der Waals surface area contributed by atoms with Gasteiger partial charge in [0.2, 0.25) is 0 Å². The maximum absolute atomic E-state index is 11.1. The van der Waals surface area contributed by atoms with Crippen LogP contribution in [0.3, 0.4) is 0 Å². The lowest BCUT2D eigenvalue weighted by Gasteiger charge is -2.31. The van der Waals surface area contributed by atoms with Gasteiger partial charge in [-0.15, -0.1) is 13.2 Å². The van der Waals surface area contributed by atoms with Gasteiger partial charge in [0, 0.05) is 41.9 Å². The Bertz CT molecular complexity index is 1910. The second-order valence-corrected chi connectivity index (χ2v) is 28.5. The van der Waals surface area contributed by atoms with Crippen LogP contribution in [0.5, 0.6) is 0 Å². The second kappa shape index (κ2) is 52.4. The highest BCUT2D eigenvalue weighted by Crippen LogP contribution is 2.39. The second-order valence-electron chi connectivity index (χ2n) is 28.5.